The van der Waals surface area contributed by atoms with Gasteiger partial charge < -0.3 is 17.7 Å². The third-order valence-corrected chi connectivity index (χ3v) is 20.5. The highest BCUT2D eigenvalue weighted by Crippen LogP contribution is 2.52. The SMILES string of the molecule is CC(C)(C)[Si](C)(C)Oc1ccc(O[Si](C)(C)C(C)(C)C)c2c1[C@@H](c1ccc(-c3ccc(Br)o3)cc1)C=C[C@H]2c1ccc(-c2ccc(Br)o2)cc1. The van der Waals surface area contributed by atoms with Gasteiger partial charge in [-0.05, 0) is 116 Å². The lowest BCUT2D eigenvalue weighted by Gasteiger charge is -2.41. The molecule has 0 amide bonds. The Morgan fingerprint density at radius 2 is 0.840 bits per heavy atom. The van der Waals surface area contributed by atoms with Crippen molar-refractivity contribution < 1.29 is 17.7 Å². The van der Waals surface area contributed by atoms with Gasteiger partial charge in [-0.3, -0.25) is 0 Å². The van der Waals surface area contributed by atoms with Gasteiger partial charge in [-0.15, -0.1) is 0 Å². The van der Waals surface area contributed by atoms with E-state index in [-0.39, 0.29) is 21.9 Å². The Hall–Kier alpha value is -3.05. The van der Waals surface area contributed by atoms with Crippen molar-refractivity contribution in [2.24, 2.45) is 0 Å². The molecule has 8 heteroatoms. The topological polar surface area (TPSA) is 44.7 Å². The van der Waals surface area contributed by atoms with E-state index in [1.54, 1.807) is 0 Å². The molecule has 0 spiro atoms. The zero-order valence-corrected chi connectivity index (χ0v) is 36.0. The second-order valence-electron chi connectivity index (χ2n) is 16.4. The van der Waals surface area contributed by atoms with Crippen LogP contribution in [0.15, 0.2) is 115 Å². The van der Waals surface area contributed by atoms with Gasteiger partial charge in [0.05, 0.1) is 0 Å². The molecule has 0 unspecified atom stereocenters. The fourth-order valence-electron chi connectivity index (χ4n) is 5.89. The molecule has 3 aromatic carbocycles. The van der Waals surface area contributed by atoms with Crippen molar-refractivity contribution in [1.29, 1.82) is 0 Å². The lowest BCUT2D eigenvalue weighted by atomic mass is 9.75. The van der Waals surface area contributed by atoms with E-state index in [0.29, 0.717) is 0 Å². The fraction of sp³-hybridized carbons (Fsp3) is 0.333. The van der Waals surface area contributed by atoms with Gasteiger partial charge in [0.2, 0.25) is 16.6 Å². The molecule has 2 heterocycles. The van der Waals surface area contributed by atoms with Crippen LogP contribution in [0.4, 0.5) is 0 Å². The third-order valence-electron chi connectivity index (χ3n) is 10.9. The van der Waals surface area contributed by atoms with E-state index < -0.39 is 16.6 Å². The van der Waals surface area contributed by atoms with Crippen molar-refractivity contribution in [3.05, 3.63) is 129 Å². The van der Waals surface area contributed by atoms with Crippen LogP contribution < -0.4 is 8.85 Å². The van der Waals surface area contributed by atoms with E-state index in [4.69, 9.17) is 17.7 Å². The summed E-state index contributed by atoms with van der Waals surface area (Å²) in [7, 11) is -4.42. The Labute approximate surface area is 316 Å². The molecule has 0 fully saturated rings. The second-order valence-corrected chi connectivity index (χ2v) is 27.4. The minimum atomic E-state index is -2.21. The first-order chi connectivity index (χ1) is 23.3. The maximum atomic E-state index is 7.25. The van der Waals surface area contributed by atoms with Crippen molar-refractivity contribution in [2.75, 3.05) is 0 Å². The molecular weight excluding hydrogens is 784 g/mol. The highest BCUT2D eigenvalue weighted by Gasteiger charge is 2.43. The van der Waals surface area contributed by atoms with Crippen LogP contribution in [-0.4, -0.2) is 16.6 Å². The number of halogens is 2. The minimum Gasteiger partial charge on any atom is -0.543 e. The maximum absolute atomic E-state index is 7.25. The number of hydrogen-bond acceptors (Lipinski definition) is 4. The summed E-state index contributed by atoms with van der Waals surface area (Å²) in [5.74, 6) is 3.51. The first-order valence-electron chi connectivity index (χ1n) is 17.3. The van der Waals surface area contributed by atoms with Crippen LogP contribution in [0.3, 0.4) is 0 Å². The molecule has 1 aliphatic rings. The van der Waals surface area contributed by atoms with Gasteiger partial charge in [0, 0.05) is 34.1 Å². The fourth-order valence-corrected chi connectivity index (χ4v) is 8.57. The van der Waals surface area contributed by atoms with E-state index in [1.807, 2.05) is 24.3 Å². The largest absolute Gasteiger partial charge is 0.543 e. The van der Waals surface area contributed by atoms with Crippen LogP contribution in [0.5, 0.6) is 11.5 Å². The Kier molecular flexibility index (Phi) is 9.91. The molecule has 4 nitrogen and oxygen atoms in total. The van der Waals surface area contributed by atoms with E-state index >= 15 is 0 Å². The lowest BCUT2D eigenvalue weighted by Crippen LogP contribution is -2.45. The quantitative estimate of drug-likeness (QED) is 0.115. The van der Waals surface area contributed by atoms with Crippen molar-refractivity contribution in [3.63, 3.8) is 0 Å². The van der Waals surface area contributed by atoms with Crippen LogP contribution in [-0.2, 0) is 0 Å². The molecule has 0 aliphatic heterocycles. The van der Waals surface area contributed by atoms with Crippen molar-refractivity contribution in [1.82, 2.24) is 0 Å². The molecule has 50 heavy (non-hydrogen) atoms. The predicted octanol–water partition coefficient (Wildman–Crippen LogP) is 14.3. The van der Waals surface area contributed by atoms with Gasteiger partial charge in [0.25, 0.3) is 0 Å². The molecule has 0 bridgehead atoms. The van der Waals surface area contributed by atoms with E-state index in [1.165, 1.54) is 22.3 Å². The maximum Gasteiger partial charge on any atom is 0.250 e. The third kappa shape index (κ3) is 7.32. The minimum absolute atomic E-state index is 0.0267. The Balaban J connectivity index is 1.54. The average Bonchev–Trinajstić information content (AvgIpc) is 3.68. The zero-order chi connectivity index (χ0) is 36.2. The highest BCUT2D eigenvalue weighted by molar-refractivity contribution is 9.10. The van der Waals surface area contributed by atoms with Gasteiger partial charge >= 0.3 is 0 Å². The second kappa shape index (κ2) is 13.5. The number of hydrogen-bond donors (Lipinski definition) is 0. The van der Waals surface area contributed by atoms with Crippen molar-refractivity contribution >= 4 is 48.5 Å². The molecular formula is C42H48Br2O4Si2. The predicted molar refractivity (Wildman–Crippen MR) is 219 cm³/mol. The van der Waals surface area contributed by atoms with E-state index in [2.05, 4.69) is 172 Å². The van der Waals surface area contributed by atoms with E-state index in [0.717, 1.165) is 43.5 Å². The normalized spacial score (nSPS) is 16.7. The molecule has 1 aliphatic carbocycles. The summed E-state index contributed by atoms with van der Waals surface area (Å²) in [6.45, 7) is 23.1. The van der Waals surface area contributed by atoms with Crippen molar-refractivity contribution in [3.8, 4) is 34.1 Å². The molecule has 2 aromatic heterocycles. The van der Waals surface area contributed by atoms with Gasteiger partial charge in [-0.25, -0.2) is 0 Å². The number of rotatable bonds is 8. The first kappa shape index (κ1) is 36.7. The number of furan rings is 2. The van der Waals surface area contributed by atoms with Gasteiger partial charge in [0.15, 0.2) is 9.34 Å². The molecule has 0 saturated heterocycles. The van der Waals surface area contributed by atoms with Gasteiger partial charge in [-0.2, -0.15) is 0 Å². The van der Waals surface area contributed by atoms with Gasteiger partial charge in [-0.1, -0.05) is 102 Å². The summed E-state index contributed by atoms with van der Waals surface area (Å²) >= 11 is 6.90. The van der Waals surface area contributed by atoms with Gasteiger partial charge in [0.1, 0.15) is 23.0 Å². The summed E-state index contributed by atoms with van der Waals surface area (Å²) in [5.41, 5.74) is 6.83. The molecule has 6 rings (SSSR count). The lowest BCUT2D eigenvalue weighted by molar-refractivity contribution is 0.470. The summed E-state index contributed by atoms with van der Waals surface area (Å²) in [4.78, 5) is 0. The molecule has 2 atom stereocenters. The van der Waals surface area contributed by atoms with E-state index in [9.17, 15) is 0 Å². The number of benzene rings is 3. The van der Waals surface area contributed by atoms with Crippen LogP contribution in [0.2, 0.25) is 36.3 Å². The smallest absolute Gasteiger partial charge is 0.250 e. The number of fused-ring (bicyclic) bond motifs is 1. The summed E-state index contributed by atoms with van der Waals surface area (Å²) in [6, 6.07) is 29.7. The van der Waals surface area contributed by atoms with Crippen LogP contribution in [0, 0.1) is 0 Å². The molecule has 0 saturated carbocycles. The summed E-state index contributed by atoms with van der Waals surface area (Å²) in [5, 5.41) is 0.0659. The summed E-state index contributed by atoms with van der Waals surface area (Å²) < 4.78 is 27.7. The summed E-state index contributed by atoms with van der Waals surface area (Å²) in [6.07, 6.45) is 4.72. The molecule has 0 radical (unpaired) electrons. The monoisotopic (exact) mass is 830 g/mol. The number of allylic oxidation sites excluding steroid dienone is 2. The first-order valence-corrected chi connectivity index (χ1v) is 24.7. The average molecular weight is 833 g/mol. The molecule has 0 N–H and O–H groups in total. The standard InChI is InChI=1S/C42H48Br2O4Si2/c1-41(2,3)49(7,8)47-35-21-22-36(48-50(9,10)42(4,5)6)40-32(28-13-17-30(18-14-28)34-24-26-38(44)46-34)20-19-31(39(35)40)27-11-15-29(16-12-27)33-23-25-37(43)45-33/h11-26,31-32H,1-10H3/t31-,32+. The Bertz CT molecular complexity index is 1860. The Morgan fingerprint density at radius 1 is 0.500 bits per heavy atom. The van der Waals surface area contributed by atoms with Crippen LogP contribution in [0.1, 0.15) is 75.6 Å². The molecule has 5 aromatic rings. The molecule has 262 valence electrons. The van der Waals surface area contributed by atoms with Crippen molar-refractivity contribution in [2.45, 2.75) is 89.6 Å². The van der Waals surface area contributed by atoms with Crippen LogP contribution >= 0.6 is 31.9 Å². The Morgan fingerprint density at radius 3 is 1.12 bits per heavy atom. The highest BCUT2D eigenvalue weighted by atomic mass is 79.9. The van der Waals surface area contributed by atoms with Crippen LogP contribution in [0.25, 0.3) is 22.6 Å². The zero-order valence-electron chi connectivity index (χ0n) is 30.8.